The van der Waals surface area contributed by atoms with Crippen molar-refractivity contribution >= 4 is 5.82 Å². The summed E-state index contributed by atoms with van der Waals surface area (Å²) in [4.78, 5) is 16.2. The van der Waals surface area contributed by atoms with Gasteiger partial charge in [0.05, 0.1) is 18.1 Å². The molecule has 6 nitrogen and oxygen atoms in total. The molecule has 26 heavy (non-hydrogen) atoms. The predicted molar refractivity (Wildman–Crippen MR) is 97.1 cm³/mol. The molecule has 0 fully saturated rings. The lowest BCUT2D eigenvalue weighted by Crippen LogP contribution is -2.11. The van der Waals surface area contributed by atoms with E-state index in [4.69, 9.17) is 10.5 Å². The van der Waals surface area contributed by atoms with Gasteiger partial charge in [-0.15, -0.1) is 0 Å². The number of halogens is 1. The van der Waals surface area contributed by atoms with Crippen molar-refractivity contribution in [2.24, 2.45) is 5.41 Å². The highest BCUT2D eigenvalue weighted by atomic mass is 19.1. The van der Waals surface area contributed by atoms with E-state index in [-0.39, 0.29) is 28.6 Å². The van der Waals surface area contributed by atoms with Gasteiger partial charge in [-0.3, -0.25) is 4.98 Å². The Kier molecular flexibility index (Phi) is 4.79. The molecule has 0 saturated carbocycles. The van der Waals surface area contributed by atoms with Crippen molar-refractivity contribution in [2.75, 3.05) is 5.73 Å². The summed E-state index contributed by atoms with van der Waals surface area (Å²) in [5.41, 5.74) is 6.89. The Morgan fingerprint density at radius 1 is 1.04 bits per heavy atom. The van der Waals surface area contributed by atoms with E-state index < -0.39 is 5.82 Å². The molecule has 0 aliphatic carbocycles. The van der Waals surface area contributed by atoms with E-state index >= 15 is 4.39 Å². The molecule has 7 heteroatoms. The van der Waals surface area contributed by atoms with E-state index in [1.807, 2.05) is 6.07 Å². The van der Waals surface area contributed by atoms with E-state index in [1.165, 1.54) is 12.4 Å². The van der Waals surface area contributed by atoms with Crippen LogP contribution in [0.3, 0.4) is 0 Å². The number of nitrogen functional groups attached to an aromatic ring is 1. The smallest absolute Gasteiger partial charge is 0.321 e. The van der Waals surface area contributed by atoms with Crippen LogP contribution in [0.2, 0.25) is 0 Å². The molecule has 0 saturated heterocycles. The summed E-state index contributed by atoms with van der Waals surface area (Å²) in [5, 5.41) is 0. The Bertz CT molecular complexity index is 892. The normalized spacial score (nSPS) is 11.4. The Labute approximate surface area is 151 Å². The number of aromatic nitrogens is 4. The molecule has 0 spiro atoms. The van der Waals surface area contributed by atoms with Crippen LogP contribution in [0, 0.1) is 11.2 Å². The van der Waals surface area contributed by atoms with Gasteiger partial charge < -0.3 is 10.5 Å². The van der Waals surface area contributed by atoms with E-state index in [0.29, 0.717) is 12.1 Å². The van der Waals surface area contributed by atoms with Crippen LogP contribution in [0.1, 0.15) is 26.3 Å². The molecular formula is C19H20FN5O. The van der Waals surface area contributed by atoms with Crippen molar-refractivity contribution < 1.29 is 9.13 Å². The van der Waals surface area contributed by atoms with Gasteiger partial charge in [-0.05, 0) is 29.5 Å². The van der Waals surface area contributed by atoms with Gasteiger partial charge in [-0.1, -0.05) is 26.8 Å². The second kappa shape index (κ2) is 7.03. The lowest BCUT2D eigenvalue weighted by Gasteiger charge is -2.21. The maximum Gasteiger partial charge on any atom is 0.321 e. The molecule has 1 aromatic carbocycles. The molecule has 0 unspecified atom stereocenters. The average molecular weight is 353 g/mol. The summed E-state index contributed by atoms with van der Waals surface area (Å²) < 4.78 is 21.0. The van der Waals surface area contributed by atoms with Crippen LogP contribution in [-0.4, -0.2) is 19.9 Å². The fourth-order valence-electron chi connectivity index (χ4n) is 2.52. The maximum atomic E-state index is 15.3. The number of hydrogen-bond donors (Lipinski definition) is 1. The lowest BCUT2D eigenvalue weighted by molar-refractivity contribution is 0.377. The quantitative estimate of drug-likeness (QED) is 0.762. The minimum absolute atomic E-state index is 0.0510. The highest BCUT2D eigenvalue weighted by molar-refractivity contribution is 5.64. The first kappa shape index (κ1) is 17.7. The number of nitrogens with zero attached hydrogens (tertiary/aromatic N) is 4. The van der Waals surface area contributed by atoms with Crippen molar-refractivity contribution in [3.63, 3.8) is 0 Å². The minimum Gasteiger partial charge on any atom is -0.421 e. The van der Waals surface area contributed by atoms with E-state index in [1.54, 1.807) is 24.5 Å². The topological polar surface area (TPSA) is 86.8 Å². The third-order valence-electron chi connectivity index (χ3n) is 3.58. The Morgan fingerprint density at radius 3 is 2.38 bits per heavy atom. The summed E-state index contributed by atoms with van der Waals surface area (Å²) in [7, 11) is 0. The molecule has 3 aromatic rings. The third kappa shape index (κ3) is 4.11. The van der Waals surface area contributed by atoms with Crippen LogP contribution in [0.15, 0.2) is 43.0 Å². The molecule has 0 radical (unpaired) electrons. The zero-order valence-corrected chi connectivity index (χ0v) is 14.9. The Hall–Kier alpha value is -3.09. The number of nitrogens with two attached hydrogens (primary N) is 1. The molecule has 0 amide bonds. The molecule has 0 atom stereocenters. The van der Waals surface area contributed by atoms with Gasteiger partial charge in [0, 0.05) is 18.0 Å². The molecular weight excluding hydrogens is 333 g/mol. The molecule has 0 bridgehead atoms. The maximum absolute atomic E-state index is 15.3. The SMILES string of the molecule is CC(C)(C)Cc1ccc(-c2cnc(N)cn2)c(F)c1Oc1ncccn1. The fourth-order valence-corrected chi connectivity index (χ4v) is 2.52. The second-order valence-corrected chi connectivity index (χ2v) is 7.11. The highest BCUT2D eigenvalue weighted by Crippen LogP contribution is 2.36. The van der Waals surface area contributed by atoms with Gasteiger partial charge in [0.1, 0.15) is 5.82 Å². The highest BCUT2D eigenvalue weighted by Gasteiger charge is 2.22. The van der Waals surface area contributed by atoms with Gasteiger partial charge in [0.25, 0.3) is 0 Å². The first-order valence-electron chi connectivity index (χ1n) is 8.17. The first-order chi connectivity index (χ1) is 12.3. The van der Waals surface area contributed by atoms with Crippen LogP contribution in [0.25, 0.3) is 11.3 Å². The zero-order chi connectivity index (χ0) is 18.7. The summed E-state index contributed by atoms with van der Waals surface area (Å²) in [6.45, 7) is 6.23. The van der Waals surface area contributed by atoms with Crippen LogP contribution in [0.4, 0.5) is 10.2 Å². The zero-order valence-electron chi connectivity index (χ0n) is 14.9. The fraction of sp³-hybridized carbons (Fsp3) is 0.263. The van der Waals surface area contributed by atoms with E-state index in [0.717, 1.165) is 5.56 Å². The Balaban J connectivity index is 2.09. The molecule has 3 rings (SSSR count). The molecule has 0 aliphatic rings. The van der Waals surface area contributed by atoms with E-state index in [2.05, 4.69) is 40.7 Å². The molecule has 2 N–H and O–H groups in total. The van der Waals surface area contributed by atoms with Crippen molar-refractivity contribution in [1.82, 2.24) is 19.9 Å². The Morgan fingerprint density at radius 2 is 1.77 bits per heavy atom. The number of hydrogen-bond acceptors (Lipinski definition) is 6. The monoisotopic (exact) mass is 353 g/mol. The molecule has 134 valence electrons. The molecule has 2 heterocycles. The van der Waals surface area contributed by atoms with Crippen molar-refractivity contribution in [3.8, 4) is 23.0 Å². The van der Waals surface area contributed by atoms with Gasteiger partial charge in [-0.2, -0.15) is 0 Å². The summed E-state index contributed by atoms with van der Waals surface area (Å²) in [6, 6.07) is 5.26. The van der Waals surface area contributed by atoms with Crippen LogP contribution in [-0.2, 0) is 6.42 Å². The summed E-state index contributed by atoms with van der Waals surface area (Å²) in [5.74, 6) is -0.159. The van der Waals surface area contributed by atoms with E-state index in [9.17, 15) is 0 Å². The summed E-state index contributed by atoms with van der Waals surface area (Å²) in [6.07, 6.45) is 6.52. The number of anilines is 1. The van der Waals surface area contributed by atoms with Crippen LogP contribution in [0.5, 0.6) is 11.8 Å². The van der Waals surface area contributed by atoms with Gasteiger partial charge in [0.2, 0.25) is 0 Å². The summed E-state index contributed by atoms with van der Waals surface area (Å²) >= 11 is 0. The standard InChI is InChI=1S/C19H20FN5O/c1-19(2,3)9-12-5-6-13(14-10-25-15(21)11-24-14)16(20)17(12)26-18-22-7-4-8-23-18/h4-8,10-11H,9H2,1-3H3,(H2,21,25). The third-order valence-corrected chi connectivity index (χ3v) is 3.58. The molecule has 2 aromatic heterocycles. The first-order valence-corrected chi connectivity index (χ1v) is 8.17. The number of ether oxygens (including phenoxy) is 1. The van der Waals surface area contributed by atoms with Crippen LogP contribution >= 0.6 is 0 Å². The van der Waals surface area contributed by atoms with Crippen molar-refractivity contribution in [1.29, 1.82) is 0 Å². The van der Waals surface area contributed by atoms with Crippen LogP contribution < -0.4 is 10.5 Å². The predicted octanol–water partition coefficient (Wildman–Crippen LogP) is 4.04. The second-order valence-electron chi connectivity index (χ2n) is 7.11. The van der Waals surface area contributed by atoms with Crippen molar-refractivity contribution in [3.05, 3.63) is 54.4 Å². The largest absolute Gasteiger partial charge is 0.421 e. The van der Waals surface area contributed by atoms with Gasteiger partial charge >= 0.3 is 6.01 Å². The number of benzene rings is 1. The minimum atomic E-state index is -0.529. The van der Waals surface area contributed by atoms with Gasteiger partial charge in [-0.25, -0.2) is 19.3 Å². The van der Waals surface area contributed by atoms with Gasteiger partial charge in [0.15, 0.2) is 11.6 Å². The molecule has 0 aliphatic heterocycles. The average Bonchev–Trinajstić information content (AvgIpc) is 2.59. The lowest BCUT2D eigenvalue weighted by atomic mass is 9.87. The number of rotatable bonds is 4. The van der Waals surface area contributed by atoms with Crippen molar-refractivity contribution in [2.45, 2.75) is 27.2 Å².